The van der Waals surface area contributed by atoms with Gasteiger partial charge in [0.25, 0.3) is 0 Å². The number of carbonyl (C=O) groups is 2. The maximum Gasteiger partial charge on any atom is 0.322 e. The summed E-state index contributed by atoms with van der Waals surface area (Å²) in [6, 6.07) is -0.969. The first-order valence-electron chi connectivity index (χ1n) is 5.16. The molecule has 1 amide bonds. The number of carbonyl (C=O) groups excluding carboxylic acids is 2. The van der Waals surface area contributed by atoms with E-state index in [9.17, 15) is 9.59 Å². The summed E-state index contributed by atoms with van der Waals surface area (Å²) in [6.07, 6.45) is 2.54. The SMILES string of the molecule is CCCCC(NC(C)C(N)=O)C(=O)OC. The van der Waals surface area contributed by atoms with Gasteiger partial charge in [-0.25, -0.2) is 0 Å². The molecule has 0 rings (SSSR count). The number of hydrogen-bond acceptors (Lipinski definition) is 4. The molecule has 2 unspecified atom stereocenters. The van der Waals surface area contributed by atoms with Gasteiger partial charge in [-0.1, -0.05) is 19.8 Å². The van der Waals surface area contributed by atoms with Crippen LogP contribution < -0.4 is 11.1 Å². The Labute approximate surface area is 90.4 Å². The molecular formula is C10H20N2O3. The van der Waals surface area contributed by atoms with Crippen LogP contribution in [0, 0.1) is 0 Å². The standard InChI is InChI=1S/C10H20N2O3/c1-4-5-6-8(10(14)15-3)12-7(2)9(11)13/h7-8,12H,4-6H2,1-3H3,(H2,11,13). The van der Waals surface area contributed by atoms with Gasteiger partial charge in [-0.2, -0.15) is 0 Å². The number of primary amides is 1. The number of esters is 1. The molecule has 0 fully saturated rings. The highest BCUT2D eigenvalue weighted by Crippen LogP contribution is 2.03. The van der Waals surface area contributed by atoms with Crippen molar-refractivity contribution < 1.29 is 14.3 Å². The summed E-state index contributed by atoms with van der Waals surface area (Å²) in [5, 5.41) is 2.85. The van der Waals surface area contributed by atoms with E-state index in [4.69, 9.17) is 5.73 Å². The molecule has 5 nitrogen and oxygen atoms in total. The van der Waals surface area contributed by atoms with E-state index < -0.39 is 18.0 Å². The van der Waals surface area contributed by atoms with Crippen molar-refractivity contribution in [3.8, 4) is 0 Å². The maximum absolute atomic E-state index is 11.3. The number of rotatable bonds is 7. The number of hydrogen-bond donors (Lipinski definition) is 2. The largest absolute Gasteiger partial charge is 0.468 e. The van der Waals surface area contributed by atoms with E-state index in [-0.39, 0.29) is 5.97 Å². The number of ether oxygens (including phenoxy) is 1. The second kappa shape index (κ2) is 7.23. The molecule has 0 aromatic heterocycles. The first-order chi connectivity index (χ1) is 7.02. The second-order valence-corrected chi connectivity index (χ2v) is 3.51. The molecule has 0 aromatic rings. The maximum atomic E-state index is 11.3. The van der Waals surface area contributed by atoms with Crippen LogP contribution >= 0.6 is 0 Å². The minimum absolute atomic E-state index is 0.350. The molecular weight excluding hydrogens is 196 g/mol. The Morgan fingerprint density at radius 1 is 1.47 bits per heavy atom. The lowest BCUT2D eigenvalue weighted by molar-refractivity contribution is -0.143. The molecule has 0 saturated heterocycles. The van der Waals surface area contributed by atoms with Crippen LogP contribution in [-0.4, -0.2) is 31.1 Å². The van der Waals surface area contributed by atoms with Crippen molar-refractivity contribution in [2.45, 2.75) is 45.2 Å². The molecule has 88 valence electrons. The van der Waals surface area contributed by atoms with Crippen LogP contribution in [0.4, 0.5) is 0 Å². The minimum Gasteiger partial charge on any atom is -0.468 e. The van der Waals surface area contributed by atoms with E-state index in [1.54, 1.807) is 6.92 Å². The summed E-state index contributed by atoms with van der Waals surface area (Å²) in [7, 11) is 1.33. The molecule has 0 saturated carbocycles. The Balaban J connectivity index is 4.23. The van der Waals surface area contributed by atoms with E-state index in [2.05, 4.69) is 10.1 Å². The summed E-state index contributed by atoms with van der Waals surface area (Å²) in [5.74, 6) is -0.822. The number of nitrogens with two attached hydrogens (primary N) is 1. The summed E-state index contributed by atoms with van der Waals surface area (Å²) < 4.78 is 4.64. The van der Waals surface area contributed by atoms with Crippen LogP contribution in [0.2, 0.25) is 0 Å². The van der Waals surface area contributed by atoms with Gasteiger partial charge in [0, 0.05) is 0 Å². The number of methoxy groups -OCH3 is 1. The van der Waals surface area contributed by atoms with Gasteiger partial charge >= 0.3 is 5.97 Å². The highest BCUT2D eigenvalue weighted by molar-refractivity contribution is 5.81. The molecule has 0 aromatic carbocycles. The molecule has 3 N–H and O–H groups in total. The first kappa shape index (κ1) is 13.9. The van der Waals surface area contributed by atoms with Gasteiger partial charge in [0.1, 0.15) is 6.04 Å². The Hall–Kier alpha value is -1.10. The molecule has 2 atom stereocenters. The average Bonchev–Trinajstić information content (AvgIpc) is 2.22. The Morgan fingerprint density at radius 2 is 2.07 bits per heavy atom. The lowest BCUT2D eigenvalue weighted by Crippen LogP contribution is -2.48. The summed E-state index contributed by atoms with van der Waals surface area (Å²) >= 11 is 0. The third-order valence-electron chi connectivity index (χ3n) is 2.21. The molecule has 15 heavy (non-hydrogen) atoms. The molecule has 0 spiro atoms. The third kappa shape index (κ3) is 5.37. The lowest BCUT2D eigenvalue weighted by atomic mass is 10.1. The quantitative estimate of drug-likeness (QED) is 0.595. The Kier molecular flexibility index (Phi) is 6.70. The first-order valence-corrected chi connectivity index (χ1v) is 5.16. The van der Waals surface area contributed by atoms with Gasteiger partial charge in [0.2, 0.25) is 5.91 Å². The predicted molar refractivity (Wildman–Crippen MR) is 57.1 cm³/mol. The molecule has 0 aliphatic heterocycles. The van der Waals surface area contributed by atoms with Gasteiger partial charge in [0.15, 0.2) is 0 Å². The van der Waals surface area contributed by atoms with Crippen LogP contribution in [0.1, 0.15) is 33.1 Å². The van der Waals surface area contributed by atoms with Gasteiger partial charge in [-0.3, -0.25) is 14.9 Å². The van der Waals surface area contributed by atoms with Crippen molar-refractivity contribution >= 4 is 11.9 Å². The molecule has 0 radical (unpaired) electrons. The Bertz CT molecular complexity index is 219. The van der Waals surface area contributed by atoms with Crippen LogP contribution in [0.25, 0.3) is 0 Å². The second-order valence-electron chi connectivity index (χ2n) is 3.51. The third-order valence-corrected chi connectivity index (χ3v) is 2.21. The van der Waals surface area contributed by atoms with Gasteiger partial charge in [0.05, 0.1) is 13.2 Å². The van der Waals surface area contributed by atoms with E-state index in [0.717, 1.165) is 12.8 Å². The lowest BCUT2D eigenvalue weighted by Gasteiger charge is -2.19. The number of unbranched alkanes of at least 4 members (excludes halogenated alkanes) is 1. The zero-order valence-electron chi connectivity index (χ0n) is 9.58. The highest BCUT2D eigenvalue weighted by atomic mass is 16.5. The van der Waals surface area contributed by atoms with Gasteiger partial charge < -0.3 is 10.5 Å². The summed E-state index contributed by atoms with van der Waals surface area (Å²) in [6.45, 7) is 3.66. The van der Waals surface area contributed by atoms with Crippen molar-refractivity contribution in [3.05, 3.63) is 0 Å². The molecule has 5 heteroatoms. The monoisotopic (exact) mass is 216 g/mol. The zero-order valence-corrected chi connectivity index (χ0v) is 9.58. The predicted octanol–water partition coefficient (Wildman–Crippen LogP) is 0.182. The van der Waals surface area contributed by atoms with Crippen molar-refractivity contribution in [1.29, 1.82) is 0 Å². The fourth-order valence-electron chi connectivity index (χ4n) is 1.20. The minimum atomic E-state index is -0.522. The van der Waals surface area contributed by atoms with E-state index >= 15 is 0 Å². The average molecular weight is 216 g/mol. The van der Waals surface area contributed by atoms with Crippen molar-refractivity contribution in [2.24, 2.45) is 5.73 Å². The molecule has 0 bridgehead atoms. The van der Waals surface area contributed by atoms with Crippen LogP contribution in [-0.2, 0) is 14.3 Å². The molecule has 0 aliphatic rings. The fourth-order valence-corrected chi connectivity index (χ4v) is 1.20. The molecule has 0 aliphatic carbocycles. The highest BCUT2D eigenvalue weighted by Gasteiger charge is 2.22. The van der Waals surface area contributed by atoms with Crippen molar-refractivity contribution in [3.63, 3.8) is 0 Å². The van der Waals surface area contributed by atoms with E-state index in [1.165, 1.54) is 7.11 Å². The van der Waals surface area contributed by atoms with Crippen molar-refractivity contribution in [2.75, 3.05) is 7.11 Å². The summed E-state index contributed by atoms with van der Waals surface area (Å²) in [5.41, 5.74) is 5.10. The summed E-state index contributed by atoms with van der Waals surface area (Å²) in [4.78, 5) is 22.2. The number of nitrogens with one attached hydrogen (secondary N) is 1. The van der Waals surface area contributed by atoms with Crippen LogP contribution in [0.5, 0.6) is 0 Å². The molecule has 0 heterocycles. The van der Waals surface area contributed by atoms with E-state index in [1.807, 2.05) is 6.92 Å². The fraction of sp³-hybridized carbons (Fsp3) is 0.800. The Morgan fingerprint density at radius 3 is 2.47 bits per heavy atom. The van der Waals surface area contributed by atoms with Gasteiger partial charge in [-0.05, 0) is 13.3 Å². The van der Waals surface area contributed by atoms with Crippen molar-refractivity contribution in [1.82, 2.24) is 5.32 Å². The zero-order chi connectivity index (χ0) is 11.8. The van der Waals surface area contributed by atoms with Gasteiger partial charge in [-0.15, -0.1) is 0 Å². The topological polar surface area (TPSA) is 81.4 Å². The van der Waals surface area contributed by atoms with Crippen LogP contribution in [0.15, 0.2) is 0 Å². The number of amides is 1. The van der Waals surface area contributed by atoms with E-state index in [0.29, 0.717) is 6.42 Å². The normalized spacial score (nSPS) is 14.3. The van der Waals surface area contributed by atoms with Crippen LogP contribution in [0.3, 0.4) is 0 Å². The smallest absolute Gasteiger partial charge is 0.322 e.